The van der Waals surface area contributed by atoms with Gasteiger partial charge in [-0.3, -0.25) is 9.59 Å². The lowest BCUT2D eigenvalue weighted by Gasteiger charge is -2.54. The Morgan fingerprint density at radius 2 is 1.89 bits per heavy atom. The molecule has 1 saturated carbocycles. The van der Waals surface area contributed by atoms with Crippen molar-refractivity contribution in [3.8, 4) is 0 Å². The first-order valence-corrected chi connectivity index (χ1v) is 9.68. The summed E-state index contributed by atoms with van der Waals surface area (Å²) in [6, 6.07) is 7.77. The van der Waals surface area contributed by atoms with Crippen LogP contribution < -0.4 is 4.90 Å². The second-order valence-electron chi connectivity index (χ2n) is 8.67. The Hall–Kier alpha value is -2.08. The molecule has 0 spiro atoms. The van der Waals surface area contributed by atoms with Crippen molar-refractivity contribution in [3.05, 3.63) is 29.8 Å². The van der Waals surface area contributed by atoms with Gasteiger partial charge in [-0.15, -0.1) is 0 Å². The predicted octanol–water partition coefficient (Wildman–Crippen LogP) is 2.18. The van der Waals surface area contributed by atoms with Crippen molar-refractivity contribution in [2.45, 2.75) is 20.3 Å². The Kier molecular flexibility index (Phi) is 4.41. The topological polar surface area (TPSA) is 59.1 Å². The van der Waals surface area contributed by atoms with E-state index in [2.05, 4.69) is 18.7 Å². The van der Waals surface area contributed by atoms with Crippen LogP contribution in [0.4, 0.5) is 5.69 Å². The van der Waals surface area contributed by atoms with Gasteiger partial charge in [-0.1, -0.05) is 26.0 Å². The number of esters is 1. The summed E-state index contributed by atoms with van der Waals surface area (Å²) < 4.78 is 10.5. The Labute approximate surface area is 160 Å². The summed E-state index contributed by atoms with van der Waals surface area (Å²) in [5, 5.41) is 0. The quantitative estimate of drug-likeness (QED) is 0.761. The number of hydrogen-bond acceptors (Lipinski definition) is 5. The summed E-state index contributed by atoms with van der Waals surface area (Å²) in [6.07, 6.45) is 0.770. The van der Waals surface area contributed by atoms with Gasteiger partial charge >= 0.3 is 5.97 Å². The molecule has 1 aromatic rings. The zero-order valence-electron chi connectivity index (χ0n) is 16.4. The van der Waals surface area contributed by atoms with E-state index in [0.717, 1.165) is 25.2 Å². The van der Waals surface area contributed by atoms with Crippen molar-refractivity contribution >= 4 is 17.6 Å². The number of fused-ring (bicyclic) bond motifs is 1. The first kappa shape index (κ1) is 18.3. The average molecular weight is 372 g/mol. The van der Waals surface area contributed by atoms with Gasteiger partial charge in [0.25, 0.3) is 5.91 Å². The van der Waals surface area contributed by atoms with Gasteiger partial charge in [-0.2, -0.15) is 0 Å². The molecular weight excluding hydrogens is 344 g/mol. The van der Waals surface area contributed by atoms with Crippen LogP contribution >= 0.6 is 0 Å². The van der Waals surface area contributed by atoms with Gasteiger partial charge in [0.05, 0.1) is 31.3 Å². The highest BCUT2D eigenvalue weighted by Crippen LogP contribution is 2.63. The lowest BCUT2D eigenvalue weighted by atomic mass is 9.48. The number of nitrogens with zero attached hydrogens (tertiary/aromatic N) is 2. The minimum atomic E-state index is -0.540. The fraction of sp³-hybridized carbons (Fsp3) is 0.619. The molecule has 3 aliphatic rings. The molecule has 3 fully saturated rings. The number of hydrogen-bond donors (Lipinski definition) is 0. The fourth-order valence-corrected chi connectivity index (χ4v) is 5.43. The molecule has 2 saturated heterocycles. The van der Waals surface area contributed by atoms with E-state index >= 15 is 0 Å². The number of ether oxygens (including phenoxy) is 2. The molecule has 0 aromatic heterocycles. The van der Waals surface area contributed by atoms with Gasteiger partial charge in [-0.05, 0) is 29.9 Å². The Morgan fingerprint density at radius 1 is 1.19 bits per heavy atom. The van der Waals surface area contributed by atoms with Crippen molar-refractivity contribution in [1.29, 1.82) is 0 Å². The number of carbonyl (C=O) groups is 2. The van der Waals surface area contributed by atoms with Gasteiger partial charge < -0.3 is 19.3 Å². The van der Waals surface area contributed by atoms with E-state index in [1.165, 1.54) is 7.11 Å². The van der Waals surface area contributed by atoms with Gasteiger partial charge in [0.15, 0.2) is 0 Å². The highest BCUT2D eigenvalue weighted by Gasteiger charge is 2.68. The molecule has 146 valence electrons. The number of morpholine rings is 1. The molecular formula is C21H28N2O4. The molecule has 1 amide bonds. The second kappa shape index (κ2) is 6.51. The summed E-state index contributed by atoms with van der Waals surface area (Å²) in [6.45, 7) is 8.32. The van der Waals surface area contributed by atoms with Gasteiger partial charge in [0.1, 0.15) is 0 Å². The number of para-hydroxylation sites is 1. The third-order valence-electron chi connectivity index (χ3n) is 6.62. The van der Waals surface area contributed by atoms with Crippen LogP contribution in [0.2, 0.25) is 0 Å². The van der Waals surface area contributed by atoms with Crippen LogP contribution in [0.1, 0.15) is 30.6 Å². The molecule has 4 rings (SSSR count). The number of benzene rings is 1. The minimum absolute atomic E-state index is 0.00516. The van der Waals surface area contributed by atoms with Crippen molar-refractivity contribution in [2.24, 2.45) is 16.7 Å². The molecule has 2 aliphatic heterocycles. The fourth-order valence-electron chi connectivity index (χ4n) is 5.43. The first-order valence-electron chi connectivity index (χ1n) is 9.68. The lowest BCUT2D eigenvalue weighted by molar-refractivity contribution is -0.174. The van der Waals surface area contributed by atoms with Crippen molar-refractivity contribution in [1.82, 2.24) is 4.90 Å². The van der Waals surface area contributed by atoms with Crippen LogP contribution in [0.25, 0.3) is 0 Å². The number of rotatable bonds is 3. The van der Waals surface area contributed by atoms with E-state index in [0.29, 0.717) is 31.9 Å². The molecule has 0 N–H and O–H groups in total. The normalized spacial score (nSPS) is 29.1. The average Bonchev–Trinajstić information content (AvgIpc) is 3.03. The zero-order valence-corrected chi connectivity index (χ0v) is 16.4. The standard InChI is InChI=1S/C21H28N2O4/c1-20(2)13-21(19(25)26-3)14-23(12-17(20)21)18(24)15-6-4-5-7-16(15)22-8-10-27-11-9-22/h4-7,17H,8-14H2,1-3H3/t17-,21+/m1/s1. The second-order valence-corrected chi connectivity index (χ2v) is 8.67. The van der Waals surface area contributed by atoms with Crippen LogP contribution in [0.15, 0.2) is 24.3 Å². The van der Waals surface area contributed by atoms with Crippen molar-refractivity contribution < 1.29 is 19.1 Å². The maximum Gasteiger partial charge on any atom is 0.314 e. The lowest BCUT2D eigenvalue weighted by Crippen LogP contribution is -2.57. The highest BCUT2D eigenvalue weighted by atomic mass is 16.5. The molecule has 0 bridgehead atoms. The van der Waals surface area contributed by atoms with E-state index in [4.69, 9.17) is 9.47 Å². The van der Waals surface area contributed by atoms with Crippen molar-refractivity contribution in [3.63, 3.8) is 0 Å². The number of amides is 1. The molecule has 0 unspecified atom stereocenters. The van der Waals surface area contributed by atoms with Crippen molar-refractivity contribution in [2.75, 3.05) is 51.4 Å². The van der Waals surface area contributed by atoms with Crippen LogP contribution in [-0.4, -0.2) is 63.3 Å². The van der Waals surface area contributed by atoms with E-state index in [9.17, 15) is 9.59 Å². The molecule has 27 heavy (non-hydrogen) atoms. The molecule has 1 aliphatic carbocycles. The smallest absolute Gasteiger partial charge is 0.314 e. The summed E-state index contributed by atoms with van der Waals surface area (Å²) in [4.78, 5) is 30.0. The molecule has 6 nitrogen and oxygen atoms in total. The third kappa shape index (κ3) is 2.81. The van der Waals surface area contributed by atoms with E-state index < -0.39 is 5.41 Å². The third-order valence-corrected chi connectivity index (χ3v) is 6.62. The van der Waals surface area contributed by atoms with E-state index in [1.54, 1.807) is 0 Å². The first-order chi connectivity index (χ1) is 12.9. The maximum atomic E-state index is 13.4. The van der Waals surface area contributed by atoms with Gasteiger partial charge in [0, 0.05) is 31.9 Å². The Bertz CT molecular complexity index is 756. The number of methoxy groups -OCH3 is 1. The predicted molar refractivity (Wildman–Crippen MR) is 102 cm³/mol. The summed E-state index contributed by atoms with van der Waals surface area (Å²) >= 11 is 0. The SMILES string of the molecule is COC(=O)[C@@]12CN(C(=O)c3ccccc3N3CCOCC3)C[C@@H]1C(C)(C)C2. The molecule has 2 heterocycles. The molecule has 2 atom stereocenters. The van der Waals surface area contributed by atoms with Crippen LogP contribution in [0.3, 0.4) is 0 Å². The largest absolute Gasteiger partial charge is 0.469 e. The number of anilines is 1. The summed E-state index contributed by atoms with van der Waals surface area (Å²) in [7, 11) is 1.44. The number of likely N-dealkylation sites (tertiary alicyclic amines) is 1. The van der Waals surface area contributed by atoms with Gasteiger partial charge in [-0.25, -0.2) is 0 Å². The zero-order chi connectivity index (χ0) is 19.2. The van der Waals surface area contributed by atoms with Gasteiger partial charge in [0.2, 0.25) is 0 Å². The summed E-state index contributed by atoms with van der Waals surface area (Å²) in [5.74, 6) is -0.0221. The summed E-state index contributed by atoms with van der Waals surface area (Å²) in [5.41, 5.74) is 1.17. The van der Waals surface area contributed by atoms with Crippen LogP contribution in [0.5, 0.6) is 0 Å². The van der Waals surface area contributed by atoms with E-state index in [1.807, 2.05) is 29.2 Å². The number of carbonyl (C=O) groups excluding carboxylic acids is 2. The monoisotopic (exact) mass is 372 g/mol. The minimum Gasteiger partial charge on any atom is -0.469 e. The molecule has 0 radical (unpaired) electrons. The molecule has 1 aromatic carbocycles. The highest BCUT2D eigenvalue weighted by molar-refractivity contribution is 6.00. The molecule has 6 heteroatoms. The van der Waals surface area contributed by atoms with E-state index in [-0.39, 0.29) is 23.2 Å². The van der Waals surface area contributed by atoms with Crippen LogP contribution in [-0.2, 0) is 14.3 Å². The van der Waals surface area contributed by atoms with Crippen LogP contribution in [0, 0.1) is 16.7 Å². The maximum absolute atomic E-state index is 13.4. The Balaban J connectivity index is 1.60. The Morgan fingerprint density at radius 3 is 2.56 bits per heavy atom.